The molecule has 0 fully saturated rings. The largest absolute Gasteiger partial charge is 0.456 e. The van der Waals surface area contributed by atoms with Crippen LogP contribution in [-0.4, -0.2) is 25.2 Å². The summed E-state index contributed by atoms with van der Waals surface area (Å²) in [6, 6.07) is 0. The van der Waals surface area contributed by atoms with E-state index >= 15 is 0 Å². The Bertz CT molecular complexity index is 293. The lowest BCUT2D eigenvalue weighted by Crippen LogP contribution is -1.98. The summed E-state index contributed by atoms with van der Waals surface area (Å²) in [6.45, 7) is 4.16. The van der Waals surface area contributed by atoms with E-state index in [1.165, 1.54) is 0 Å². The summed E-state index contributed by atoms with van der Waals surface area (Å²) in [6.07, 6.45) is 4.63. The highest BCUT2D eigenvalue weighted by Gasteiger charge is 1.89. The van der Waals surface area contributed by atoms with Gasteiger partial charge in [-0.1, -0.05) is 0 Å². The minimum atomic E-state index is -0.595. The Hall–Kier alpha value is -1.46. The third kappa shape index (κ3) is 15.3. The van der Waals surface area contributed by atoms with Gasteiger partial charge in [-0.15, -0.1) is 6.42 Å². The zero-order valence-corrected chi connectivity index (χ0v) is 10.1. The highest BCUT2D eigenvalue weighted by atomic mass is 79.9. The molecule has 0 aliphatic carbocycles. The molecule has 0 radical (unpaired) electrons. The van der Waals surface area contributed by atoms with E-state index in [9.17, 15) is 9.59 Å². The lowest BCUT2D eigenvalue weighted by molar-refractivity contribution is -0.137. The Morgan fingerprint density at radius 3 is 1.93 bits per heavy atom. The molecular formula is C10H11BrO4. The molecule has 0 N–H and O–H groups in total. The van der Waals surface area contributed by atoms with Crippen LogP contribution in [-0.2, 0) is 19.1 Å². The molecule has 0 saturated heterocycles. The fourth-order valence-corrected chi connectivity index (χ4v) is 0.540. The second-order valence-corrected chi connectivity index (χ2v) is 2.20. The third-order valence-corrected chi connectivity index (χ3v) is 1.02. The van der Waals surface area contributed by atoms with Gasteiger partial charge in [-0.2, -0.15) is 0 Å². The van der Waals surface area contributed by atoms with Crippen molar-refractivity contribution in [2.75, 3.05) is 13.2 Å². The number of hydrogen-bond donors (Lipinski definition) is 0. The molecule has 0 spiro atoms. The molecule has 0 atom stereocenters. The summed E-state index contributed by atoms with van der Waals surface area (Å²) in [7, 11) is 0. The quantitative estimate of drug-likeness (QED) is 0.430. The molecule has 0 unspecified atom stereocenters. The van der Waals surface area contributed by atoms with Crippen molar-refractivity contribution in [2.24, 2.45) is 0 Å². The van der Waals surface area contributed by atoms with Gasteiger partial charge in [0.05, 0.1) is 13.2 Å². The van der Waals surface area contributed by atoms with Gasteiger partial charge in [0.15, 0.2) is 0 Å². The van der Waals surface area contributed by atoms with Crippen LogP contribution in [0.5, 0.6) is 0 Å². The van der Waals surface area contributed by atoms with E-state index in [2.05, 4.69) is 42.6 Å². The van der Waals surface area contributed by atoms with Crippen molar-refractivity contribution in [1.29, 1.82) is 0 Å². The van der Waals surface area contributed by atoms with Crippen LogP contribution in [0.4, 0.5) is 0 Å². The van der Waals surface area contributed by atoms with Crippen molar-refractivity contribution in [3.05, 3.63) is 0 Å². The van der Waals surface area contributed by atoms with E-state index in [-0.39, 0.29) is 0 Å². The zero-order valence-electron chi connectivity index (χ0n) is 8.50. The molecule has 0 aliphatic heterocycles. The molecule has 0 aromatic heterocycles. The molecule has 0 saturated carbocycles. The average Bonchev–Trinajstić information content (AvgIpc) is 2.20. The van der Waals surface area contributed by atoms with Crippen LogP contribution in [0.2, 0.25) is 0 Å². The summed E-state index contributed by atoms with van der Waals surface area (Å²) < 4.78 is 8.76. The van der Waals surface area contributed by atoms with Crippen molar-refractivity contribution in [3.8, 4) is 23.1 Å². The number of carbonyl (C=O) groups is 2. The van der Waals surface area contributed by atoms with Gasteiger partial charge in [-0.25, -0.2) is 9.59 Å². The fourth-order valence-electron chi connectivity index (χ4n) is 0.379. The first-order chi connectivity index (χ1) is 7.12. The molecule has 82 valence electrons. The van der Waals surface area contributed by atoms with Gasteiger partial charge in [0, 0.05) is 27.8 Å². The summed E-state index contributed by atoms with van der Waals surface area (Å²) >= 11 is 2.76. The maximum atomic E-state index is 10.2. The minimum absolute atomic E-state index is 0.350. The SMILES string of the molecule is C#CC(=O)OCC.CCOC(=O)C#CBr. The van der Waals surface area contributed by atoms with E-state index in [1.54, 1.807) is 19.8 Å². The van der Waals surface area contributed by atoms with Gasteiger partial charge in [-0.05, 0) is 18.7 Å². The molecule has 0 aliphatic rings. The molecule has 0 aromatic carbocycles. The number of carbonyl (C=O) groups excluding carboxylic acids is 2. The Labute approximate surface area is 97.4 Å². The number of hydrogen-bond acceptors (Lipinski definition) is 4. The highest BCUT2D eigenvalue weighted by molar-refractivity contribution is 9.12. The number of halogens is 1. The number of esters is 2. The first-order valence-corrected chi connectivity index (χ1v) is 4.83. The highest BCUT2D eigenvalue weighted by Crippen LogP contribution is 1.75. The van der Waals surface area contributed by atoms with Gasteiger partial charge in [0.1, 0.15) is 0 Å². The Morgan fingerprint density at radius 1 is 1.20 bits per heavy atom. The van der Waals surface area contributed by atoms with Gasteiger partial charge in [-0.3, -0.25) is 0 Å². The van der Waals surface area contributed by atoms with E-state index < -0.39 is 11.9 Å². The first kappa shape index (κ1) is 16.0. The van der Waals surface area contributed by atoms with Gasteiger partial charge in [0.2, 0.25) is 0 Å². The van der Waals surface area contributed by atoms with E-state index in [0.717, 1.165) is 0 Å². The van der Waals surface area contributed by atoms with Crippen LogP contribution in [0.1, 0.15) is 13.8 Å². The summed E-state index contributed by atoms with van der Waals surface area (Å²) in [5.74, 6) is 2.87. The van der Waals surface area contributed by atoms with Crippen molar-refractivity contribution < 1.29 is 19.1 Å². The van der Waals surface area contributed by atoms with Crippen molar-refractivity contribution in [2.45, 2.75) is 13.8 Å². The lowest BCUT2D eigenvalue weighted by atomic mass is 10.7. The molecule has 5 heteroatoms. The van der Waals surface area contributed by atoms with Crippen molar-refractivity contribution >= 4 is 27.9 Å². The van der Waals surface area contributed by atoms with Crippen LogP contribution < -0.4 is 0 Å². The normalized spacial score (nSPS) is 6.80. The minimum Gasteiger partial charge on any atom is -0.456 e. The predicted octanol–water partition coefficient (Wildman–Crippen LogP) is 1.09. The molecule has 4 nitrogen and oxygen atoms in total. The monoisotopic (exact) mass is 274 g/mol. The molecule has 0 rings (SSSR count). The van der Waals surface area contributed by atoms with E-state index in [1.807, 2.05) is 0 Å². The zero-order chi connectivity index (χ0) is 12.1. The second-order valence-electron chi connectivity index (χ2n) is 1.80. The topological polar surface area (TPSA) is 52.6 Å². The van der Waals surface area contributed by atoms with Crippen LogP contribution in [0.25, 0.3) is 0 Å². The summed E-state index contributed by atoms with van der Waals surface area (Å²) in [4.78, 5) is 22.4. The van der Waals surface area contributed by atoms with Crippen molar-refractivity contribution in [1.82, 2.24) is 0 Å². The number of terminal acetylenes is 1. The molecule has 0 heterocycles. The Balaban J connectivity index is 0. The number of ether oxygens (including phenoxy) is 2. The summed E-state index contributed by atoms with van der Waals surface area (Å²) in [5.41, 5.74) is 0. The standard InChI is InChI=1S/C5H5BrO2.C5H6O2/c1-2-8-5(7)3-4-6;1-3-5(6)7-4-2/h2H2,1H3;1H,4H2,2H3. The second kappa shape index (κ2) is 12.5. The van der Waals surface area contributed by atoms with Crippen LogP contribution in [0.15, 0.2) is 0 Å². The fraction of sp³-hybridized carbons (Fsp3) is 0.400. The van der Waals surface area contributed by atoms with E-state index in [4.69, 9.17) is 0 Å². The molecular weight excluding hydrogens is 264 g/mol. The molecule has 0 bridgehead atoms. The molecule has 0 amide bonds. The Kier molecular flexibility index (Phi) is 13.4. The van der Waals surface area contributed by atoms with Gasteiger partial charge >= 0.3 is 11.9 Å². The molecule has 0 aromatic rings. The third-order valence-electron chi connectivity index (χ3n) is 0.818. The average molecular weight is 275 g/mol. The smallest absolute Gasteiger partial charge is 0.385 e. The van der Waals surface area contributed by atoms with Crippen molar-refractivity contribution in [3.63, 3.8) is 0 Å². The van der Waals surface area contributed by atoms with E-state index in [0.29, 0.717) is 13.2 Å². The molecule has 15 heavy (non-hydrogen) atoms. The van der Waals surface area contributed by atoms with Gasteiger partial charge < -0.3 is 9.47 Å². The Morgan fingerprint density at radius 2 is 1.67 bits per heavy atom. The van der Waals surface area contributed by atoms with Crippen LogP contribution in [0, 0.1) is 23.1 Å². The van der Waals surface area contributed by atoms with Crippen LogP contribution >= 0.6 is 15.9 Å². The maximum Gasteiger partial charge on any atom is 0.385 e. The summed E-state index contributed by atoms with van der Waals surface area (Å²) in [5, 5.41) is 0. The van der Waals surface area contributed by atoms with Crippen LogP contribution in [0.3, 0.4) is 0 Å². The van der Waals surface area contributed by atoms with Gasteiger partial charge in [0.25, 0.3) is 0 Å². The predicted molar refractivity (Wildman–Crippen MR) is 58.8 cm³/mol. The maximum absolute atomic E-state index is 10.2. The first-order valence-electron chi connectivity index (χ1n) is 4.04. The number of rotatable bonds is 2. The lowest BCUT2D eigenvalue weighted by Gasteiger charge is -1.88.